The molecule has 0 radical (unpaired) electrons. The lowest BCUT2D eigenvalue weighted by molar-refractivity contribution is 0.645. The smallest absolute Gasteiger partial charge is 0.0576 e. The van der Waals surface area contributed by atoms with Gasteiger partial charge in [-0.3, -0.25) is 0 Å². The summed E-state index contributed by atoms with van der Waals surface area (Å²) in [7, 11) is 0. The van der Waals surface area contributed by atoms with Gasteiger partial charge in [-0.25, -0.2) is 0 Å². The van der Waals surface area contributed by atoms with Crippen molar-refractivity contribution in [1.82, 2.24) is 18.3 Å². The van der Waals surface area contributed by atoms with E-state index in [1.165, 1.54) is 132 Å². The number of nitrogens with zero attached hydrogens (tertiary/aromatic N) is 4. The van der Waals surface area contributed by atoms with Crippen molar-refractivity contribution in [2.24, 2.45) is 0 Å². The second-order valence-electron chi connectivity index (χ2n) is 19.5. The van der Waals surface area contributed by atoms with Gasteiger partial charge in [0.2, 0.25) is 0 Å². The van der Waals surface area contributed by atoms with Crippen molar-refractivity contribution in [3.05, 3.63) is 234 Å². The van der Waals surface area contributed by atoms with Crippen LogP contribution in [0.5, 0.6) is 0 Å². The SMILES string of the molecule is Cc1c2cc3c4cc(-n5c6ccccc6c6ccccc65)ccc4n(-c4ccccc4)c3c1CCc1cc(c3c(c1)c1cc(-n4c5ccccc5c5ccccc54)ccc1n3C1C=CC=CC1)CC2. The molecule has 0 spiro atoms. The van der Waals surface area contributed by atoms with Gasteiger partial charge in [0.1, 0.15) is 0 Å². The Balaban J connectivity index is 0.945. The van der Waals surface area contributed by atoms with Gasteiger partial charge in [0, 0.05) is 65.7 Å². The fraction of sp³-hybridized carbons (Fsp3) is 0.108. The lowest BCUT2D eigenvalue weighted by atomic mass is 9.88. The van der Waals surface area contributed by atoms with E-state index in [2.05, 4.69) is 231 Å². The minimum Gasteiger partial charge on any atom is -0.333 e. The summed E-state index contributed by atoms with van der Waals surface area (Å²) in [6.45, 7) is 2.40. The minimum absolute atomic E-state index is 0.240. The number of hydrogen-bond acceptors (Lipinski definition) is 0. The molecule has 1 atom stereocenters. The molecular formula is C65H48N4. The molecule has 13 aromatic rings. The lowest BCUT2D eigenvalue weighted by Gasteiger charge is -2.22. The number of allylic oxidation sites excluding steroid dienone is 4. The largest absolute Gasteiger partial charge is 0.333 e. The molecule has 0 amide bonds. The molecule has 2 aliphatic rings. The van der Waals surface area contributed by atoms with Crippen molar-refractivity contribution in [1.29, 1.82) is 0 Å². The third-order valence-electron chi connectivity index (χ3n) is 15.9. The van der Waals surface area contributed by atoms with Crippen LogP contribution in [0.2, 0.25) is 0 Å². The molecule has 4 aromatic heterocycles. The van der Waals surface area contributed by atoms with Gasteiger partial charge in [0.15, 0.2) is 0 Å². The molecule has 0 saturated carbocycles. The van der Waals surface area contributed by atoms with E-state index in [0.717, 1.165) is 32.1 Å². The van der Waals surface area contributed by atoms with Crippen LogP contribution in [0.1, 0.15) is 40.3 Å². The summed E-state index contributed by atoms with van der Waals surface area (Å²) in [5.41, 5.74) is 21.0. The van der Waals surface area contributed by atoms with Gasteiger partial charge in [-0.05, 0) is 152 Å². The molecule has 4 heteroatoms. The van der Waals surface area contributed by atoms with E-state index in [4.69, 9.17) is 0 Å². The fourth-order valence-corrected chi connectivity index (χ4v) is 12.8. The predicted octanol–water partition coefficient (Wildman–Crippen LogP) is 16.3. The lowest BCUT2D eigenvalue weighted by Crippen LogP contribution is -2.10. The average Bonchev–Trinajstić information content (AvgIpc) is 4.13. The van der Waals surface area contributed by atoms with Crippen LogP contribution in [-0.4, -0.2) is 18.3 Å². The molecule has 15 rings (SSSR count). The van der Waals surface area contributed by atoms with Gasteiger partial charge >= 0.3 is 0 Å². The average molecular weight is 885 g/mol. The third kappa shape index (κ3) is 5.63. The second kappa shape index (κ2) is 14.8. The maximum absolute atomic E-state index is 2.68. The van der Waals surface area contributed by atoms with E-state index in [1.807, 2.05) is 0 Å². The van der Waals surface area contributed by atoms with Gasteiger partial charge in [-0.1, -0.05) is 121 Å². The highest BCUT2D eigenvalue weighted by molar-refractivity contribution is 6.15. The van der Waals surface area contributed by atoms with Crippen LogP contribution in [0.3, 0.4) is 0 Å². The van der Waals surface area contributed by atoms with E-state index in [9.17, 15) is 0 Å². The molecule has 1 unspecified atom stereocenters. The molecule has 0 fully saturated rings. The van der Waals surface area contributed by atoms with Gasteiger partial charge in [0.05, 0.1) is 44.7 Å². The number of fused-ring (bicyclic) bond motifs is 18. The zero-order chi connectivity index (χ0) is 45.3. The maximum atomic E-state index is 2.68. The topological polar surface area (TPSA) is 19.7 Å². The Bertz CT molecular complexity index is 4250. The van der Waals surface area contributed by atoms with Crippen molar-refractivity contribution in [3.63, 3.8) is 0 Å². The molecular weight excluding hydrogens is 837 g/mol. The van der Waals surface area contributed by atoms with Crippen LogP contribution in [0.15, 0.2) is 206 Å². The quantitative estimate of drug-likeness (QED) is 0.168. The first-order valence-corrected chi connectivity index (χ1v) is 24.7. The molecule has 0 saturated heterocycles. The zero-order valence-electron chi connectivity index (χ0n) is 38.5. The van der Waals surface area contributed by atoms with Crippen LogP contribution in [0, 0.1) is 6.92 Å². The zero-order valence-corrected chi connectivity index (χ0v) is 38.5. The second-order valence-corrected chi connectivity index (χ2v) is 19.5. The van der Waals surface area contributed by atoms with Crippen LogP contribution in [0.25, 0.3) is 104 Å². The number of aromatic nitrogens is 4. The maximum Gasteiger partial charge on any atom is 0.0576 e. The summed E-state index contributed by atoms with van der Waals surface area (Å²) in [6.07, 6.45) is 14.0. The Morgan fingerprint density at radius 3 is 1.52 bits per heavy atom. The molecule has 4 nitrogen and oxygen atoms in total. The Kier molecular flexibility index (Phi) is 8.32. The van der Waals surface area contributed by atoms with Gasteiger partial charge in [-0.2, -0.15) is 0 Å². The van der Waals surface area contributed by atoms with E-state index in [-0.39, 0.29) is 6.04 Å². The highest BCUT2D eigenvalue weighted by Gasteiger charge is 2.26. The molecule has 0 aliphatic heterocycles. The molecule has 4 heterocycles. The molecule has 0 N–H and O–H groups in total. The number of rotatable bonds is 4. The monoisotopic (exact) mass is 884 g/mol. The Hall–Kier alpha value is -8.34. The molecule has 69 heavy (non-hydrogen) atoms. The summed E-state index contributed by atoms with van der Waals surface area (Å²) in [5.74, 6) is 0. The van der Waals surface area contributed by atoms with Gasteiger partial charge < -0.3 is 18.3 Å². The highest BCUT2D eigenvalue weighted by Crippen LogP contribution is 2.44. The van der Waals surface area contributed by atoms with E-state index < -0.39 is 0 Å². The van der Waals surface area contributed by atoms with Gasteiger partial charge in [0.25, 0.3) is 0 Å². The Morgan fingerprint density at radius 1 is 0.377 bits per heavy atom. The standard InChI is InChI=1S/C65H48N4/c1-41-43-29-30-44-36-42(37-56-54-39-47(31-34-62(54)68(64(44)56)45-16-4-2-5-17-45)66-58-24-12-8-20-50(58)51-21-9-13-25-59(51)66)28-33-49(41)65-57(38-43)55-40-48(32-35-63(55)69(65)46-18-6-3-7-19-46)67-60-26-14-10-22-52(60)53-23-11-15-27-61(53)67/h2-16,18-27,31-32,34-40,45H,17,28-30,33H2,1H3. The molecule has 4 bridgehead atoms. The third-order valence-corrected chi connectivity index (χ3v) is 15.9. The molecule has 9 aromatic carbocycles. The summed E-state index contributed by atoms with van der Waals surface area (Å²) in [4.78, 5) is 0. The first kappa shape index (κ1) is 38.7. The van der Waals surface area contributed by atoms with Crippen molar-refractivity contribution < 1.29 is 0 Å². The highest BCUT2D eigenvalue weighted by atomic mass is 15.0. The fourth-order valence-electron chi connectivity index (χ4n) is 12.8. The number of hydrogen-bond donors (Lipinski definition) is 0. The summed E-state index contributed by atoms with van der Waals surface area (Å²) in [5, 5.41) is 10.5. The Labute approximate surface area is 399 Å². The number of para-hydroxylation sites is 5. The number of aryl methyl sites for hydroxylation is 4. The van der Waals surface area contributed by atoms with E-state index in [0.29, 0.717) is 0 Å². The summed E-state index contributed by atoms with van der Waals surface area (Å²) < 4.78 is 10.2. The van der Waals surface area contributed by atoms with Crippen LogP contribution < -0.4 is 0 Å². The predicted molar refractivity (Wildman–Crippen MR) is 290 cm³/mol. The van der Waals surface area contributed by atoms with Crippen LogP contribution >= 0.6 is 0 Å². The van der Waals surface area contributed by atoms with E-state index >= 15 is 0 Å². The van der Waals surface area contributed by atoms with E-state index in [1.54, 1.807) is 0 Å². The van der Waals surface area contributed by atoms with Crippen molar-refractivity contribution in [2.75, 3.05) is 0 Å². The normalized spacial score (nSPS) is 15.1. The van der Waals surface area contributed by atoms with Crippen LogP contribution in [0.4, 0.5) is 0 Å². The molecule has 2 aliphatic carbocycles. The first-order chi connectivity index (χ1) is 34.2. The van der Waals surface area contributed by atoms with Gasteiger partial charge in [-0.15, -0.1) is 0 Å². The van der Waals surface area contributed by atoms with Crippen molar-refractivity contribution >= 4 is 87.2 Å². The summed E-state index contributed by atoms with van der Waals surface area (Å²) in [6, 6.07) is 68.8. The van der Waals surface area contributed by atoms with Crippen molar-refractivity contribution in [2.45, 2.75) is 45.1 Å². The van der Waals surface area contributed by atoms with Crippen LogP contribution in [-0.2, 0) is 25.7 Å². The minimum atomic E-state index is 0.240. The molecule has 328 valence electrons. The number of benzene rings is 9. The first-order valence-electron chi connectivity index (χ1n) is 24.7. The Morgan fingerprint density at radius 2 is 0.913 bits per heavy atom. The summed E-state index contributed by atoms with van der Waals surface area (Å²) >= 11 is 0. The van der Waals surface area contributed by atoms with Crippen molar-refractivity contribution in [3.8, 4) is 17.1 Å².